The molecule has 1 N–H and O–H groups in total. The van der Waals surface area contributed by atoms with E-state index in [0.717, 1.165) is 23.9 Å². The molecule has 1 heterocycles. The fourth-order valence-corrected chi connectivity index (χ4v) is 2.99. The molecule has 1 saturated carbocycles. The Hall–Kier alpha value is -1.39. The molecule has 5 heteroatoms. The average molecular weight is 305 g/mol. The van der Waals surface area contributed by atoms with Gasteiger partial charge in [0.2, 0.25) is 0 Å². The number of rotatable bonds is 4. The maximum absolute atomic E-state index is 4.57. The number of halogens is 1. The maximum atomic E-state index is 4.57. The van der Waals surface area contributed by atoms with E-state index >= 15 is 0 Å². The van der Waals surface area contributed by atoms with Gasteiger partial charge >= 0.3 is 0 Å². The van der Waals surface area contributed by atoms with E-state index in [9.17, 15) is 0 Å². The number of nitrogens with zero attached hydrogens (tertiary/aromatic N) is 3. The Morgan fingerprint density at radius 3 is 2.86 bits per heavy atom. The van der Waals surface area contributed by atoms with Gasteiger partial charge in [-0.15, -0.1) is 12.4 Å². The predicted octanol–water partition coefficient (Wildman–Crippen LogP) is 2.74. The molecule has 21 heavy (non-hydrogen) atoms. The summed E-state index contributed by atoms with van der Waals surface area (Å²) in [6.45, 7) is 2.77. The number of aromatic nitrogens is 3. The lowest BCUT2D eigenvalue weighted by molar-refractivity contribution is 0.637. The van der Waals surface area contributed by atoms with Crippen LogP contribution in [0.15, 0.2) is 18.2 Å². The summed E-state index contributed by atoms with van der Waals surface area (Å²) in [6, 6.07) is 7.42. The van der Waals surface area contributed by atoms with E-state index < -0.39 is 0 Å². The van der Waals surface area contributed by atoms with Crippen molar-refractivity contribution in [1.29, 1.82) is 0 Å². The van der Waals surface area contributed by atoms with Crippen LogP contribution >= 0.6 is 12.4 Å². The first-order valence-corrected chi connectivity index (χ1v) is 7.58. The molecule has 0 saturated heterocycles. The second kappa shape index (κ2) is 5.78. The van der Waals surface area contributed by atoms with Gasteiger partial charge in [0.05, 0.1) is 12.2 Å². The second-order valence-electron chi connectivity index (χ2n) is 5.95. The number of nitrogens with one attached hydrogen (secondary N) is 1. The monoisotopic (exact) mass is 304 g/mol. The zero-order chi connectivity index (χ0) is 13.5. The molecule has 0 atom stereocenters. The van der Waals surface area contributed by atoms with Crippen molar-refractivity contribution in [2.45, 2.75) is 51.6 Å². The van der Waals surface area contributed by atoms with Crippen molar-refractivity contribution >= 4 is 12.4 Å². The van der Waals surface area contributed by atoms with Crippen molar-refractivity contribution < 1.29 is 0 Å². The SMILES string of the molecule is Cc1nc(CNC2CC2)n(-c2ccc3c(c2)CCC3)n1.Cl. The molecular formula is C16H21ClN4. The molecular weight excluding hydrogens is 284 g/mol. The van der Waals surface area contributed by atoms with Gasteiger partial charge in [0.15, 0.2) is 0 Å². The third kappa shape index (κ3) is 2.97. The van der Waals surface area contributed by atoms with Gasteiger partial charge in [0.25, 0.3) is 0 Å². The molecule has 4 rings (SSSR count). The van der Waals surface area contributed by atoms with E-state index in [2.05, 4.69) is 33.6 Å². The Bertz CT molecular complexity index is 646. The van der Waals surface area contributed by atoms with E-state index in [0.29, 0.717) is 6.04 Å². The molecule has 1 fully saturated rings. The van der Waals surface area contributed by atoms with Crippen LogP contribution in [0.5, 0.6) is 0 Å². The van der Waals surface area contributed by atoms with Crippen molar-refractivity contribution in [3.05, 3.63) is 41.0 Å². The third-order valence-electron chi connectivity index (χ3n) is 4.23. The van der Waals surface area contributed by atoms with Crippen molar-refractivity contribution in [1.82, 2.24) is 20.1 Å². The summed E-state index contributed by atoms with van der Waals surface area (Å²) in [5.74, 6) is 1.87. The molecule has 0 bridgehead atoms. The average Bonchev–Trinajstić information content (AvgIpc) is 3.03. The van der Waals surface area contributed by atoms with Crippen molar-refractivity contribution in [3.8, 4) is 5.69 Å². The zero-order valence-corrected chi connectivity index (χ0v) is 13.1. The Balaban J connectivity index is 0.00000132. The Morgan fingerprint density at radius 2 is 2.05 bits per heavy atom. The summed E-state index contributed by atoms with van der Waals surface area (Å²) >= 11 is 0. The largest absolute Gasteiger partial charge is 0.307 e. The molecule has 0 aliphatic heterocycles. The lowest BCUT2D eigenvalue weighted by Gasteiger charge is -2.08. The van der Waals surface area contributed by atoms with E-state index in [1.807, 2.05) is 11.6 Å². The number of benzene rings is 1. The quantitative estimate of drug-likeness (QED) is 0.944. The normalized spacial score (nSPS) is 16.6. The van der Waals surface area contributed by atoms with Crippen LogP contribution < -0.4 is 5.32 Å². The van der Waals surface area contributed by atoms with Crippen LogP contribution in [0.1, 0.15) is 42.0 Å². The van der Waals surface area contributed by atoms with Crippen molar-refractivity contribution in [2.75, 3.05) is 0 Å². The van der Waals surface area contributed by atoms with Crippen LogP contribution in [-0.4, -0.2) is 20.8 Å². The van der Waals surface area contributed by atoms with Crippen LogP contribution in [0.25, 0.3) is 5.69 Å². The van der Waals surface area contributed by atoms with Gasteiger partial charge < -0.3 is 5.32 Å². The molecule has 1 aromatic carbocycles. The third-order valence-corrected chi connectivity index (χ3v) is 4.23. The molecule has 112 valence electrons. The molecule has 0 amide bonds. The summed E-state index contributed by atoms with van der Waals surface area (Å²) < 4.78 is 2.00. The van der Waals surface area contributed by atoms with Gasteiger partial charge in [-0.05, 0) is 62.3 Å². The second-order valence-corrected chi connectivity index (χ2v) is 5.95. The minimum atomic E-state index is 0. The molecule has 1 aromatic heterocycles. The Morgan fingerprint density at radius 1 is 1.24 bits per heavy atom. The van der Waals surface area contributed by atoms with Crippen LogP contribution in [0.2, 0.25) is 0 Å². The van der Waals surface area contributed by atoms with E-state index in [1.165, 1.54) is 43.2 Å². The van der Waals surface area contributed by atoms with Crippen LogP contribution in [0.4, 0.5) is 0 Å². The smallest absolute Gasteiger partial charge is 0.148 e. The molecule has 0 spiro atoms. The van der Waals surface area contributed by atoms with Gasteiger partial charge in [-0.3, -0.25) is 0 Å². The first kappa shape index (κ1) is 14.5. The van der Waals surface area contributed by atoms with Gasteiger partial charge in [0.1, 0.15) is 11.6 Å². The molecule has 0 unspecified atom stereocenters. The van der Waals surface area contributed by atoms with E-state index in [1.54, 1.807) is 0 Å². The number of hydrogen-bond donors (Lipinski definition) is 1. The lowest BCUT2D eigenvalue weighted by atomic mass is 10.1. The van der Waals surface area contributed by atoms with Gasteiger partial charge in [-0.1, -0.05) is 6.07 Å². The first-order valence-electron chi connectivity index (χ1n) is 7.58. The topological polar surface area (TPSA) is 42.7 Å². The Labute approximate surface area is 131 Å². The molecule has 2 aliphatic rings. The van der Waals surface area contributed by atoms with Gasteiger partial charge in [-0.2, -0.15) is 5.10 Å². The molecule has 0 radical (unpaired) electrons. The summed E-state index contributed by atoms with van der Waals surface area (Å²) in [5.41, 5.74) is 4.14. The lowest BCUT2D eigenvalue weighted by Crippen LogP contribution is -2.18. The summed E-state index contributed by atoms with van der Waals surface area (Å²) in [7, 11) is 0. The molecule has 2 aromatic rings. The highest BCUT2D eigenvalue weighted by Gasteiger charge is 2.21. The first-order chi connectivity index (χ1) is 9.79. The van der Waals surface area contributed by atoms with E-state index in [4.69, 9.17) is 0 Å². The van der Waals surface area contributed by atoms with E-state index in [-0.39, 0.29) is 12.4 Å². The Kier molecular flexibility index (Phi) is 4.00. The fourth-order valence-electron chi connectivity index (χ4n) is 2.99. The van der Waals surface area contributed by atoms with Crippen molar-refractivity contribution in [2.24, 2.45) is 0 Å². The summed E-state index contributed by atoms with van der Waals surface area (Å²) in [5, 5.41) is 8.10. The minimum absolute atomic E-state index is 0. The number of aryl methyl sites for hydroxylation is 3. The minimum Gasteiger partial charge on any atom is -0.307 e. The standard InChI is InChI=1S/C16H20N4.ClH/c1-11-18-16(10-17-14-6-7-14)20(19-11)15-8-5-12-3-2-4-13(12)9-15;/h5,8-9,14,17H,2-4,6-7,10H2,1H3;1H. The number of fused-ring (bicyclic) bond motifs is 1. The van der Waals surface area contributed by atoms with Crippen LogP contribution in [-0.2, 0) is 19.4 Å². The number of hydrogen-bond acceptors (Lipinski definition) is 3. The molecule has 2 aliphatic carbocycles. The highest BCUT2D eigenvalue weighted by molar-refractivity contribution is 5.85. The van der Waals surface area contributed by atoms with Crippen LogP contribution in [0, 0.1) is 6.92 Å². The molecule has 4 nitrogen and oxygen atoms in total. The van der Waals surface area contributed by atoms with Crippen LogP contribution in [0.3, 0.4) is 0 Å². The maximum Gasteiger partial charge on any atom is 0.148 e. The summed E-state index contributed by atoms with van der Waals surface area (Å²) in [6.07, 6.45) is 6.30. The van der Waals surface area contributed by atoms with Gasteiger partial charge in [0, 0.05) is 6.04 Å². The highest BCUT2D eigenvalue weighted by atomic mass is 35.5. The predicted molar refractivity (Wildman–Crippen MR) is 85.2 cm³/mol. The highest BCUT2D eigenvalue weighted by Crippen LogP contribution is 2.25. The summed E-state index contributed by atoms with van der Waals surface area (Å²) in [4.78, 5) is 4.57. The fraction of sp³-hybridized carbons (Fsp3) is 0.500. The van der Waals surface area contributed by atoms with Crippen molar-refractivity contribution in [3.63, 3.8) is 0 Å². The zero-order valence-electron chi connectivity index (χ0n) is 12.3. The van der Waals surface area contributed by atoms with Gasteiger partial charge in [-0.25, -0.2) is 9.67 Å².